The Morgan fingerprint density at radius 2 is 2.00 bits per heavy atom. The van der Waals surface area contributed by atoms with Gasteiger partial charge in [0.15, 0.2) is 0 Å². The number of aliphatic hydroxyl groups is 1. The third kappa shape index (κ3) is 3.66. The SMILES string of the molecule is O=C(O)c1cccc(CN(CCO)C2CCCc3ccccc32)c1. The number of hydrogen-bond acceptors (Lipinski definition) is 3. The molecule has 0 spiro atoms. The maximum absolute atomic E-state index is 11.2. The molecule has 0 fully saturated rings. The third-order valence-electron chi connectivity index (χ3n) is 4.73. The van der Waals surface area contributed by atoms with Gasteiger partial charge in [-0.15, -0.1) is 0 Å². The molecule has 1 atom stereocenters. The van der Waals surface area contributed by atoms with Crippen LogP contribution in [0.3, 0.4) is 0 Å². The minimum Gasteiger partial charge on any atom is -0.478 e. The Kier molecular flexibility index (Phi) is 5.28. The molecule has 2 aromatic rings. The van der Waals surface area contributed by atoms with Gasteiger partial charge in [0, 0.05) is 19.1 Å². The van der Waals surface area contributed by atoms with E-state index in [9.17, 15) is 15.0 Å². The molecule has 0 aromatic heterocycles. The Hall–Kier alpha value is -2.17. The van der Waals surface area contributed by atoms with Gasteiger partial charge in [-0.25, -0.2) is 4.79 Å². The van der Waals surface area contributed by atoms with Crippen molar-refractivity contribution in [2.24, 2.45) is 0 Å². The number of aliphatic hydroxyl groups excluding tert-OH is 1. The lowest BCUT2D eigenvalue weighted by atomic mass is 9.86. The zero-order valence-electron chi connectivity index (χ0n) is 13.7. The van der Waals surface area contributed by atoms with Crippen LogP contribution in [-0.2, 0) is 13.0 Å². The van der Waals surface area contributed by atoms with Crippen LogP contribution in [0.4, 0.5) is 0 Å². The molecule has 4 nitrogen and oxygen atoms in total. The molecule has 3 rings (SSSR count). The van der Waals surface area contributed by atoms with Gasteiger partial charge in [-0.2, -0.15) is 0 Å². The molecule has 24 heavy (non-hydrogen) atoms. The van der Waals surface area contributed by atoms with Crippen molar-refractivity contribution in [3.63, 3.8) is 0 Å². The number of aromatic carboxylic acids is 1. The van der Waals surface area contributed by atoms with Gasteiger partial charge in [0.2, 0.25) is 0 Å². The van der Waals surface area contributed by atoms with Crippen molar-refractivity contribution in [3.8, 4) is 0 Å². The number of benzene rings is 2. The summed E-state index contributed by atoms with van der Waals surface area (Å²) in [6.45, 7) is 1.31. The molecule has 2 N–H and O–H groups in total. The van der Waals surface area contributed by atoms with E-state index in [2.05, 4.69) is 29.2 Å². The molecule has 0 amide bonds. The van der Waals surface area contributed by atoms with Gasteiger partial charge in [0.05, 0.1) is 12.2 Å². The first kappa shape index (κ1) is 16.7. The first-order valence-electron chi connectivity index (χ1n) is 8.44. The molecule has 0 saturated heterocycles. The van der Waals surface area contributed by atoms with Crippen LogP contribution >= 0.6 is 0 Å². The van der Waals surface area contributed by atoms with Crippen LogP contribution in [0.1, 0.15) is 45.9 Å². The molecule has 0 aliphatic heterocycles. The lowest BCUT2D eigenvalue weighted by Crippen LogP contribution is -2.33. The predicted octanol–water partition coefficient (Wildman–Crippen LogP) is 3.26. The largest absolute Gasteiger partial charge is 0.478 e. The number of carboxylic acids is 1. The van der Waals surface area contributed by atoms with E-state index in [1.54, 1.807) is 18.2 Å². The third-order valence-corrected chi connectivity index (χ3v) is 4.73. The van der Waals surface area contributed by atoms with Gasteiger partial charge >= 0.3 is 5.97 Å². The summed E-state index contributed by atoms with van der Waals surface area (Å²) < 4.78 is 0. The van der Waals surface area contributed by atoms with Crippen LogP contribution in [-0.4, -0.2) is 34.2 Å². The molecule has 126 valence electrons. The van der Waals surface area contributed by atoms with Crippen LogP contribution < -0.4 is 0 Å². The van der Waals surface area contributed by atoms with Gasteiger partial charge < -0.3 is 10.2 Å². The lowest BCUT2D eigenvalue weighted by molar-refractivity contribution is 0.0696. The van der Waals surface area contributed by atoms with Crippen LogP contribution in [0.25, 0.3) is 0 Å². The molecule has 1 unspecified atom stereocenters. The zero-order valence-corrected chi connectivity index (χ0v) is 13.7. The van der Waals surface area contributed by atoms with Gasteiger partial charge in [-0.05, 0) is 48.1 Å². The molecular formula is C20H23NO3. The average molecular weight is 325 g/mol. The quantitative estimate of drug-likeness (QED) is 0.856. The molecule has 1 aliphatic carbocycles. The van der Waals surface area contributed by atoms with Gasteiger partial charge in [0.1, 0.15) is 0 Å². The number of fused-ring (bicyclic) bond motifs is 1. The van der Waals surface area contributed by atoms with Crippen molar-refractivity contribution >= 4 is 5.97 Å². The molecule has 4 heteroatoms. The Morgan fingerprint density at radius 1 is 1.17 bits per heavy atom. The standard InChI is InChI=1S/C20H23NO3/c22-12-11-21(14-15-5-3-8-17(13-15)20(23)24)19-10-4-7-16-6-1-2-9-18(16)19/h1-3,5-6,8-9,13,19,22H,4,7,10-12,14H2,(H,23,24). The summed E-state index contributed by atoms with van der Waals surface area (Å²) in [5, 5.41) is 18.7. The normalized spacial score (nSPS) is 16.8. The average Bonchev–Trinajstić information content (AvgIpc) is 2.61. The monoisotopic (exact) mass is 325 g/mol. The first-order valence-corrected chi connectivity index (χ1v) is 8.44. The fourth-order valence-electron chi connectivity index (χ4n) is 3.62. The van der Waals surface area contributed by atoms with Crippen molar-refractivity contribution in [1.82, 2.24) is 4.90 Å². The highest BCUT2D eigenvalue weighted by atomic mass is 16.4. The second-order valence-corrected chi connectivity index (χ2v) is 6.31. The highest BCUT2D eigenvalue weighted by Gasteiger charge is 2.25. The van der Waals surface area contributed by atoms with Gasteiger partial charge in [0.25, 0.3) is 0 Å². The maximum atomic E-state index is 11.2. The molecule has 0 heterocycles. The molecule has 0 saturated carbocycles. The first-order chi connectivity index (χ1) is 11.7. The summed E-state index contributed by atoms with van der Waals surface area (Å²) in [6.07, 6.45) is 3.31. The summed E-state index contributed by atoms with van der Waals surface area (Å²) >= 11 is 0. The minimum absolute atomic E-state index is 0.0945. The van der Waals surface area contributed by atoms with E-state index in [4.69, 9.17) is 0 Å². The van der Waals surface area contributed by atoms with E-state index in [0.717, 1.165) is 24.8 Å². The highest BCUT2D eigenvalue weighted by molar-refractivity contribution is 5.87. The number of nitrogens with zero attached hydrogens (tertiary/aromatic N) is 1. The van der Waals surface area contributed by atoms with E-state index in [-0.39, 0.29) is 12.6 Å². The fourth-order valence-corrected chi connectivity index (χ4v) is 3.62. The van der Waals surface area contributed by atoms with Crippen LogP contribution in [0.15, 0.2) is 48.5 Å². The van der Waals surface area contributed by atoms with Crippen molar-refractivity contribution < 1.29 is 15.0 Å². The van der Waals surface area contributed by atoms with Crippen LogP contribution in [0, 0.1) is 0 Å². The zero-order chi connectivity index (χ0) is 16.9. The summed E-state index contributed by atoms with van der Waals surface area (Å²) in [4.78, 5) is 13.4. The smallest absolute Gasteiger partial charge is 0.335 e. The molecule has 0 radical (unpaired) electrons. The number of aryl methyl sites for hydroxylation is 1. The number of hydrogen-bond donors (Lipinski definition) is 2. The fraction of sp³-hybridized carbons (Fsp3) is 0.350. The van der Waals surface area contributed by atoms with E-state index in [1.807, 2.05) is 6.07 Å². The summed E-state index contributed by atoms with van der Waals surface area (Å²) in [5.74, 6) is -0.909. The molecule has 1 aliphatic rings. The Morgan fingerprint density at radius 3 is 2.79 bits per heavy atom. The topological polar surface area (TPSA) is 60.8 Å². The summed E-state index contributed by atoms with van der Waals surface area (Å²) in [5.41, 5.74) is 3.99. The Labute approximate surface area is 142 Å². The molecule has 2 aromatic carbocycles. The number of carboxylic acid groups (broad SMARTS) is 1. The summed E-state index contributed by atoms with van der Waals surface area (Å²) in [7, 11) is 0. The van der Waals surface area contributed by atoms with Gasteiger partial charge in [-0.3, -0.25) is 4.90 Å². The highest BCUT2D eigenvalue weighted by Crippen LogP contribution is 2.34. The van der Waals surface area contributed by atoms with Crippen molar-refractivity contribution in [3.05, 3.63) is 70.8 Å². The van der Waals surface area contributed by atoms with Crippen molar-refractivity contribution in [2.45, 2.75) is 31.8 Å². The summed E-state index contributed by atoms with van der Waals surface area (Å²) in [6, 6.07) is 15.8. The minimum atomic E-state index is -0.909. The van der Waals surface area contributed by atoms with Gasteiger partial charge in [-0.1, -0.05) is 36.4 Å². The van der Waals surface area contributed by atoms with E-state index < -0.39 is 5.97 Å². The number of rotatable bonds is 6. The Bertz CT molecular complexity index is 714. The Balaban J connectivity index is 1.86. The molecule has 0 bridgehead atoms. The van der Waals surface area contributed by atoms with Crippen molar-refractivity contribution in [1.29, 1.82) is 0 Å². The van der Waals surface area contributed by atoms with Crippen LogP contribution in [0.5, 0.6) is 0 Å². The number of carbonyl (C=O) groups is 1. The predicted molar refractivity (Wildman–Crippen MR) is 93.0 cm³/mol. The lowest BCUT2D eigenvalue weighted by Gasteiger charge is -2.35. The second kappa shape index (κ2) is 7.60. The second-order valence-electron chi connectivity index (χ2n) is 6.31. The van der Waals surface area contributed by atoms with Crippen LogP contribution in [0.2, 0.25) is 0 Å². The maximum Gasteiger partial charge on any atom is 0.335 e. The van der Waals surface area contributed by atoms with E-state index in [1.165, 1.54) is 11.1 Å². The van der Waals surface area contributed by atoms with E-state index in [0.29, 0.717) is 18.7 Å². The van der Waals surface area contributed by atoms with E-state index >= 15 is 0 Å². The molecular weight excluding hydrogens is 302 g/mol. The van der Waals surface area contributed by atoms with Crippen molar-refractivity contribution in [2.75, 3.05) is 13.2 Å².